The molecule has 13 nitrogen and oxygen atoms in total. The molecule has 0 bridgehead atoms. The van der Waals surface area contributed by atoms with E-state index in [2.05, 4.69) is 41.5 Å². The SMILES string of the molecule is COC(=O)Nc1cc(Oc2cnc3nc(Nc4cc5n(n4)CCOC5(C)C)n(C)c3c2C#N)ccn1. The number of rotatable bonds is 5. The molecule has 4 aromatic rings. The van der Waals surface area contributed by atoms with Crippen molar-refractivity contribution in [1.29, 1.82) is 5.26 Å². The molecule has 0 radical (unpaired) electrons. The van der Waals surface area contributed by atoms with E-state index >= 15 is 0 Å². The van der Waals surface area contributed by atoms with E-state index in [1.807, 2.05) is 24.6 Å². The highest BCUT2D eigenvalue weighted by molar-refractivity contribution is 5.85. The minimum Gasteiger partial charge on any atom is -0.454 e. The standard InChI is InChI=1S/C23H23N9O4/c1-23(2)16-10-18(30-32(16)7-8-35-23)27-21-29-20-19(31(21)3)14(11-24)15(12-26-20)36-13-5-6-25-17(9-13)28-22(33)34-4/h5-6,9-10,12H,7-8H2,1-4H3,(H,25,28,33)(H,26,27,29,30). The maximum Gasteiger partial charge on any atom is 0.412 e. The Hall–Kier alpha value is -4.70. The highest BCUT2D eigenvalue weighted by Gasteiger charge is 2.30. The highest BCUT2D eigenvalue weighted by atomic mass is 16.5. The fourth-order valence-corrected chi connectivity index (χ4v) is 3.99. The Balaban J connectivity index is 1.46. The van der Waals surface area contributed by atoms with Crippen molar-refractivity contribution in [2.24, 2.45) is 7.05 Å². The fraction of sp³-hybridized carbons (Fsp3) is 0.304. The normalized spacial score (nSPS) is 14.1. The molecule has 0 unspecified atom stereocenters. The van der Waals surface area contributed by atoms with Crippen molar-refractivity contribution < 1.29 is 19.0 Å². The Morgan fingerprint density at radius 1 is 1.28 bits per heavy atom. The molecule has 184 valence electrons. The molecule has 0 fully saturated rings. The van der Waals surface area contributed by atoms with Gasteiger partial charge in [-0.1, -0.05) is 0 Å². The number of pyridine rings is 2. The maximum absolute atomic E-state index is 11.5. The van der Waals surface area contributed by atoms with Crippen LogP contribution in [0, 0.1) is 11.3 Å². The van der Waals surface area contributed by atoms with Gasteiger partial charge in [0.15, 0.2) is 17.2 Å². The van der Waals surface area contributed by atoms with Crippen LogP contribution in [0.4, 0.5) is 22.4 Å². The number of aromatic nitrogens is 6. The Labute approximate surface area is 205 Å². The summed E-state index contributed by atoms with van der Waals surface area (Å²) in [4.78, 5) is 24.4. The molecule has 1 amide bonds. The zero-order chi connectivity index (χ0) is 25.4. The van der Waals surface area contributed by atoms with Gasteiger partial charge in [0, 0.05) is 25.4 Å². The first-order chi connectivity index (χ1) is 17.3. The van der Waals surface area contributed by atoms with Gasteiger partial charge in [-0.2, -0.15) is 15.3 Å². The van der Waals surface area contributed by atoms with Gasteiger partial charge in [0.05, 0.1) is 32.2 Å². The molecule has 1 aliphatic rings. The van der Waals surface area contributed by atoms with Crippen LogP contribution < -0.4 is 15.4 Å². The number of carbonyl (C=O) groups is 1. The van der Waals surface area contributed by atoms with Gasteiger partial charge in [-0.25, -0.2) is 14.8 Å². The number of amides is 1. The number of imidazole rings is 1. The summed E-state index contributed by atoms with van der Waals surface area (Å²) in [7, 11) is 3.03. The van der Waals surface area contributed by atoms with Crippen LogP contribution in [-0.4, -0.2) is 49.1 Å². The average molecular weight is 489 g/mol. The smallest absolute Gasteiger partial charge is 0.412 e. The molecular weight excluding hydrogens is 466 g/mol. The van der Waals surface area contributed by atoms with Crippen LogP contribution in [0.5, 0.6) is 11.5 Å². The van der Waals surface area contributed by atoms with Crippen LogP contribution in [0.25, 0.3) is 11.2 Å². The molecule has 0 saturated carbocycles. The van der Waals surface area contributed by atoms with Crippen molar-refractivity contribution in [1.82, 2.24) is 29.3 Å². The molecule has 4 aromatic heterocycles. The number of ether oxygens (including phenoxy) is 3. The number of carbonyl (C=O) groups excluding carboxylic acids is 1. The van der Waals surface area contributed by atoms with E-state index < -0.39 is 11.7 Å². The monoisotopic (exact) mass is 489 g/mol. The summed E-state index contributed by atoms with van der Waals surface area (Å²) >= 11 is 0. The summed E-state index contributed by atoms with van der Waals surface area (Å²) in [5.74, 6) is 1.89. The van der Waals surface area contributed by atoms with Crippen molar-refractivity contribution in [3.63, 3.8) is 0 Å². The third-order valence-electron chi connectivity index (χ3n) is 5.75. The number of aryl methyl sites for hydroxylation is 1. The number of fused-ring (bicyclic) bond motifs is 2. The van der Waals surface area contributed by atoms with Crippen molar-refractivity contribution in [2.75, 3.05) is 24.4 Å². The van der Waals surface area contributed by atoms with Crippen LogP contribution in [0.3, 0.4) is 0 Å². The number of nitrogens with one attached hydrogen (secondary N) is 2. The lowest BCUT2D eigenvalue weighted by atomic mass is 10.0. The Bertz CT molecular complexity index is 1520. The van der Waals surface area contributed by atoms with Crippen LogP contribution in [0.2, 0.25) is 0 Å². The van der Waals surface area contributed by atoms with E-state index in [1.54, 1.807) is 17.7 Å². The maximum atomic E-state index is 11.5. The molecule has 2 N–H and O–H groups in total. The molecule has 0 aromatic carbocycles. The molecule has 5 heterocycles. The van der Waals surface area contributed by atoms with Gasteiger partial charge in [-0.05, 0) is 19.9 Å². The van der Waals surface area contributed by atoms with Gasteiger partial charge in [0.25, 0.3) is 0 Å². The predicted octanol–water partition coefficient (Wildman–Crippen LogP) is 3.41. The Morgan fingerprint density at radius 2 is 2.11 bits per heavy atom. The second kappa shape index (κ2) is 8.82. The first-order valence-corrected chi connectivity index (χ1v) is 11.0. The van der Waals surface area contributed by atoms with Gasteiger partial charge >= 0.3 is 6.09 Å². The van der Waals surface area contributed by atoms with Crippen molar-refractivity contribution in [3.8, 4) is 17.6 Å². The average Bonchev–Trinajstić information content (AvgIpc) is 3.41. The quantitative estimate of drug-likeness (QED) is 0.426. The topological polar surface area (TPSA) is 154 Å². The number of hydrogen-bond acceptors (Lipinski definition) is 10. The van der Waals surface area contributed by atoms with E-state index in [-0.39, 0.29) is 17.1 Å². The van der Waals surface area contributed by atoms with Crippen molar-refractivity contribution in [3.05, 3.63) is 41.9 Å². The molecule has 0 saturated heterocycles. The number of nitriles is 1. The van der Waals surface area contributed by atoms with Crippen LogP contribution in [0.1, 0.15) is 25.1 Å². The first kappa shape index (κ1) is 23.1. The summed E-state index contributed by atoms with van der Waals surface area (Å²) in [6.07, 6.45) is 2.23. The molecule has 13 heteroatoms. The second-order valence-corrected chi connectivity index (χ2v) is 8.49. The number of anilines is 3. The van der Waals surface area contributed by atoms with Gasteiger partial charge in [0.2, 0.25) is 5.95 Å². The Kier molecular flexibility index (Phi) is 5.65. The summed E-state index contributed by atoms with van der Waals surface area (Å²) in [5, 5.41) is 20.3. The van der Waals surface area contributed by atoms with Gasteiger partial charge in [0.1, 0.15) is 34.3 Å². The highest BCUT2D eigenvalue weighted by Crippen LogP contribution is 2.33. The molecule has 0 spiro atoms. The zero-order valence-electron chi connectivity index (χ0n) is 20.1. The summed E-state index contributed by atoms with van der Waals surface area (Å²) in [5.41, 5.74) is 1.63. The minimum atomic E-state index is -0.662. The third-order valence-corrected chi connectivity index (χ3v) is 5.75. The second-order valence-electron chi connectivity index (χ2n) is 8.49. The van der Waals surface area contributed by atoms with E-state index in [4.69, 9.17) is 9.47 Å². The van der Waals surface area contributed by atoms with Gasteiger partial charge < -0.3 is 24.1 Å². The molecular formula is C23H23N9O4. The minimum absolute atomic E-state index is 0.228. The molecule has 5 rings (SSSR count). The van der Waals surface area contributed by atoms with Gasteiger partial charge in [-0.15, -0.1) is 0 Å². The first-order valence-electron chi connectivity index (χ1n) is 11.0. The zero-order valence-corrected chi connectivity index (χ0v) is 20.1. The molecule has 0 atom stereocenters. The lowest BCUT2D eigenvalue weighted by Crippen LogP contribution is -2.33. The van der Waals surface area contributed by atoms with E-state index in [0.29, 0.717) is 41.8 Å². The van der Waals surface area contributed by atoms with E-state index in [9.17, 15) is 10.1 Å². The van der Waals surface area contributed by atoms with Gasteiger partial charge in [-0.3, -0.25) is 10.00 Å². The van der Waals surface area contributed by atoms with Crippen LogP contribution >= 0.6 is 0 Å². The largest absolute Gasteiger partial charge is 0.454 e. The lowest BCUT2D eigenvalue weighted by Gasteiger charge is -2.30. The summed E-state index contributed by atoms with van der Waals surface area (Å²) < 4.78 is 20.0. The molecule has 1 aliphatic heterocycles. The summed E-state index contributed by atoms with van der Waals surface area (Å²) in [6, 6.07) is 7.21. The third kappa shape index (κ3) is 4.14. The molecule has 36 heavy (non-hydrogen) atoms. The van der Waals surface area contributed by atoms with Crippen molar-refractivity contribution in [2.45, 2.75) is 26.0 Å². The van der Waals surface area contributed by atoms with E-state index in [1.165, 1.54) is 25.6 Å². The Morgan fingerprint density at radius 3 is 2.86 bits per heavy atom. The summed E-state index contributed by atoms with van der Waals surface area (Å²) in [6.45, 7) is 5.25. The fourth-order valence-electron chi connectivity index (χ4n) is 3.99. The number of nitrogens with zero attached hydrogens (tertiary/aromatic N) is 7. The number of methoxy groups -OCH3 is 1. The van der Waals surface area contributed by atoms with Crippen LogP contribution in [0.15, 0.2) is 30.6 Å². The lowest BCUT2D eigenvalue weighted by molar-refractivity contribution is -0.0532. The number of hydrogen-bond donors (Lipinski definition) is 2. The van der Waals surface area contributed by atoms with Crippen LogP contribution in [-0.2, 0) is 28.7 Å². The van der Waals surface area contributed by atoms with Crippen molar-refractivity contribution >= 4 is 34.8 Å². The predicted molar refractivity (Wildman–Crippen MR) is 128 cm³/mol. The molecule has 0 aliphatic carbocycles. The van der Waals surface area contributed by atoms with E-state index in [0.717, 1.165) is 5.69 Å².